The van der Waals surface area contributed by atoms with Gasteiger partial charge in [0.05, 0.1) is 23.1 Å². The van der Waals surface area contributed by atoms with Crippen molar-refractivity contribution in [3.05, 3.63) is 58.5 Å². The Morgan fingerprint density at radius 2 is 2.20 bits per heavy atom. The molecule has 3 heterocycles. The van der Waals surface area contributed by atoms with Crippen LogP contribution in [0.1, 0.15) is 18.5 Å². The molecule has 25 heavy (non-hydrogen) atoms. The van der Waals surface area contributed by atoms with E-state index in [0.717, 1.165) is 25.1 Å². The molecule has 8 nitrogen and oxygen atoms in total. The van der Waals surface area contributed by atoms with E-state index in [4.69, 9.17) is 0 Å². The van der Waals surface area contributed by atoms with Gasteiger partial charge in [-0.1, -0.05) is 6.07 Å². The van der Waals surface area contributed by atoms with Gasteiger partial charge in [0.25, 0.3) is 5.69 Å². The zero-order chi connectivity index (χ0) is 17.6. The van der Waals surface area contributed by atoms with Gasteiger partial charge in [0.15, 0.2) is 0 Å². The third-order valence-electron chi connectivity index (χ3n) is 4.23. The monoisotopic (exact) mass is 341 g/mol. The largest absolute Gasteiger partial charge is 0.356 e. The maximum Gasteiger partial charge on any atom is 0.287 e. The Kier molecular flexibility index (Phi) is 5.17. The summed E-state index contributed by atoms with van der Waals surface area (Å²) in [6, 6.07) is 8.66. The van der Waals surface area contributed by atoms with E-state index in [1.807, 2.05) is 23.1 Å². The highest BCUT2D eigenvalue weighted by molar-refractivity contribution is 5.79. The van der Waals surface area contributed by atoms with Crippen LogP contribution in [-0.2, 0) is 11.3 Å². The molecule has 8 heteroatoms. The van der Waals surface area contributed by atoms with Crippen molar-refractivity contribution in [1.82, 2.24) is 15.3 Å². The number of nitro groups is 1. The fourth-order valence-corrected chi connectivity index (χ4v) is 2.90. The first-order chi connectivity index (χ1) is 12.1. The van der Waals surface area contributed by atoms with E-state index < -0.39 is 4.92 Å². The summed E-state index contributed by atoms with van der Waals surface area (Å²) in [6.07, 6.45) is 4.64. The Balaban J connectivity index is 1.58. The number of nitrogens with zero attached hydrogens (tertiary/aromatic N) is 4. The van der Waals surface area contributed by atoms with E-state index in [2.05, 4.69) is 15.3 Å². The number of piperidine rings is 1. The fourth-order valence-electron chi connectivity index (χ4n) is 2.90. The first-order valence-corrected chi connectivity index (χ1v) is 8.16. The smallest absolute Gasteiger partial charge is 0.287 e. The van der Waals surface area contributed by atoms with E-state index in [-0.39, 0.29) is 17.5 Å². The van der Waals surface area contributed by atoms with Crippen molar-refractivity contribution < 1.29 is 9.72 Å². The van der Waals surface area contributed by atoms with E-state index in [0.29, 0.717) is 18.9 Å². The van der Waals surface area contributed by atoms with Gasteiger partial charge in [-0.25, -0.2) is 4.98 Å². The van der Waals surface area contributed by atoms with E-state index in [1.54, 1.807) is 12.3 Å². The summed E-state index contributed by atoms with van der Waals surface area (Å²) in [4.78, 5) is 33.0. The predicted molar refractivity (Wildman–Crippen MR) is 91.9 cm³/mol. The highest BCUT2D eigenvalue weighted by Crippen LogP contribution is 2.23. The summed E-state index contributed by atoms with van der Waals surface area (Å²) in [7, 11) is 0. The SMILES string of the molecule is O=C(NCc1ccccn1)[C@H]1CCCN(c2ccc([N+](=O)[O-])cn2)C1. The molecule has 2 aromatic rings. The van der Waals surface area contributed by atoms with Crippen LogP contribution in [0, 0.1) is 16.0 Å². The van der Waals surface area contributed by atoms with Gasteiger partial charge in [0, 0.05) is 25.4 Å². The minimum Gasteiger partial charge on any atom is -0.356 e. The van der Waals surface area contributed by atoms with Crippen molar-refractivity contribution in [2.45, 2.75) is 19.4 Å². The molecule has 1 amide bonds. The Labute approximate surface area is 145 Å². The van der Waals surface area contributed by atoms with Crippen LogP contribution in [0.2, 0.25) is 0 Å². The zero-order valence-corrected chi connectivity index (χ0v) is 13.7. The molecule has 0 bridgehead atoms. The number of rotatable bonds is 5. The third-order valence-corrected chi connectivity index (χ3v) is 4.23. The summed E-state index contributed by atoms with van der Waals surface area (Å²) in [6.45, 7) is 1.75. The van der Waals surface area contributed by atoms with E-state index in [9.17, 15) is 14.9 Å². The number of carbonyl (C=O) groups is 1. The maximum absolute atomic E-state index is 12.4. The van der Waals surface area contributed by atoms with Crippen LogP contribution in [0.3, 0.4) is 0 Å². The van der Waals surface area contributed by atoms with Gasteiger partial charge in [-0.05, 0) is 31.0 Å². The van der Waals surface area contributed by atoms with Gasteiger partial charge in [0.2, 0.25) is 5.91 Å². The van der Waals surface area contributed by atoms with Crippen LogP contribution in [0.15, 0.2) is 42.7 Å². The molecule has 0 saturated carbocycles. The lowest BCUT2D eigenvalue weighted by atomic mass is 9.97. The average molecular weight is 341 g/mol. The molecule has 1 aliphatic rings. The molecule has 130 valence electrons. The van der Waals surface area contributed by atoms with Crippen LogP contribution in [0.25, 0.3) is 0 Å². The quantitative estimate of drug-likeness (QED) is 0.658. The first-order valence-electron chi connectivity index (χ1n) is 8.16. The molecule has 0 aromatic carbocycles. The van der Waals surface area contributed by atoms with Crippen molar-refractivity contribution >= 4 is 17.4 Å². The molecule has 0 unspecified atom stereocenters. The first kappa shape index (κ1) is 16.8. The average Bonchev–Trinajstić information content (AvgIpc) is 2.67. The Morgan fingerprint density at radius 3 is 2.88 bits per heavy atom. The number of anilines is 1. The second-order valence-corrected chi connectivity index (χ2v) is 5.96. The van der Waals surface area contributed by atoms with Gasteiger partial charge in [-0.3, -0.25) is 19.9 Å². The zero-order valence-electron chi connectivity index (χ0n) is 13.7. The van der Waals surface area contributed by atoms with Gasteiger partial charge in [0.1, 0.15) is 12.0 Å². The van der Waals surface area contributed by atoms with Crippen LogP contribution < -0.4 is 10.2 Å². The molecule has 3 rings (SSSR count). The van der Waals surface area contributed by atoms with Crippen molar-refractivity contribution in [1.29, 1.82) is 0 Å². The molecule has 1 atom stereocenters. The van der Waals surface area contributed by atoms with E-state index >= 15 is 0 Å². The summed E-state index contributed by atoms with van der Waals surface area (Å²) >= 11 is 0. The van der Waals surface area contributed by atoms with Crippen LogP contribution in [0.4, 0.5) is 11.5 Å². The lowest BCUT2D eigenvalue weighted by Crippen LogP contribution is -2.43. The second kappa shape index (κ2) is 7.69. The minimum atomic E-state index is -0.471. The van der Waals surface area contributed by atoms with Gasteiger partial charge < -0.3 is 10.2 Å². The summed E-state index contributed by atoms with van der Waals surface area (Å²) < 4.78 is 0. The fraction of sp³-hybridized carbons (Fsp3) is 0.353. The number of pyridine rings is 2. The predicted octanol–water partition coefficient (Wildman–Crippen LogP) is 1.92. The topological polar surface area (TPSA) is 101 Å². The molecule has 0 spiro atoms. The Hall–Kier alpha value is -3.03. The number of hydrogen-bond acceptors (Lipinski definition) is 6. The molecule has 1 N–H and O–H groups in total. The summed E-state index contributed by atoms with van der Waals surface area (Å²) in [5.74, 6) is 0.527. The highest BCUT2D eigenvalue weighted by Gasteiger charge is 2.26. The number of hydrogen-bond donors (Lipinski definition) is 1. The summed E-state index contributed by atoms with van der Waals surface area (Å²) in [5, 5.41) is 13.6. The normalized spacial score (nSPS) is 17.1. The molecular weight excluding hydrogens is 322 g/mol. The second-order valence-electron chi connectivity index (χ2n) is 5.96. The summed E-state index contributed by atoms with van der Waals surface area (Å²) in [5.41, 5.74) is 0.783. The molecule has 1 aliphatic heterocycles. The van der Waals surface area contributed by atoms with Gasteiger partial charge in [-0.15, -0.1) is 0 Å². The van der Waals surface area contributed by atoms with E-state index in [1.165, 1.54) is 12.3 Å². The Bertz CT molecular complexity index is 736. The van der Waals surface area contributed by atoms with Gasteiger partial charge in [-0.2, -0.15) is 0 Å². The minimum absolute atomic E-state index is 0.00253. The third kappa shape index (κ3) is 4.28. The Morgan fingerprint density at radius 1 is 1.32 bits per heavy atom. The number of nitrogens with one attached hydrogen (secondary N) is 1. The standard InChI is InChI=1S/C17H19N5O3/c23-17(20-10-14-5-1-2-8-18-14)13-4-3-9-21(12-13)16-7-6-15(11-19-16)22(24)25/h1-2,5-8,11,13H,3-4,9-10,12H2,(H,20,23)/t13-/m0/s1. The molecule has 0 aliphatic carbocycles. The maximum atomic E-state index is 12.4. The van der Waals surface area contributed by atoms with Crippen molar-refractivity contribution in [2.24, 2.45) is 5.92 Å². The van der Waals surface area contributed by atoms with Crippen LogP contribution in [0.5, 0.6) is 0 Å². The van der Waals surface area contributed by atoms with Crippen molar-refractivity contribution in [2.75, 3.05) is 18.0 Å². The number of carbonyl (C=O) groups excluding carboxylic acids is 1. The van der Waals surface area contributed by atoms with Crippen molar-refractivity contribution in [3.63, 3.8) is 0 Å². The number of amides is 1. The molecule has 1 saturated heterocycles. The van der Waals surface area contributed by atoms with Gasteiger partial charge >= 0.3 is 0 Å². The van der Waals surface area contributed by atoms with Crippen molar-refractivity contribution in [3.8, 4) is 0 Å². The molecule has 0 radical (unpaired) electrons. The van der Waals surface area contributed by atoms with Crippen LogP contribution >= 0.6 is 0 Å². The lowest BCUT2D eigenvalue weighted by molar-refractivity contribution is -0.385. The number of aromatic nitrogens is 2. The molecular formula is C17H19N5O3. The van der Waals surface area contributed by atoms with Crippen LogP contribution in [-0.4, -0.2) is 33.9 Å². The lowest BCUT2D eigenvalue weighted by Gasteiger charge is -2.32. The highest BCUT2D eigenvalue weighted by atomic mass is 16.6. The molecule has 2 aromatic heterocycles. The molecule has 1 fully saturated rings.